The molecule has 3 aliphatic rings. The largest absolute Gasteiger partial charge is 0.454 e. The van der Waals surface area contributed by atoms with E-state index in [1.807, 2.05) is 23.1 Å². The van der Waals surface area contributed by atoms with E-state index < -0.39 is 0 Å². The van der Waals surface area contributed by atoms with Crippen molar-refractivity contribution in [2.45, 2.75) is 44.4 Å². The molecule has 1 aliphatic carbocycles. The summed E-state index contributed by atoms with van der Waals surface area (Å²) in [5.74, 6) is 4.08. The van der Waals surface area contributed by atoms with Gasteiger partial charge < -0.3 is 18.9 Å². The topological polar surface area (TPSA) is 77.7 Å². The average Bonchev–Trinajstić information content (AvgIpc) is 3.24. The Hall–Kier alpha value is -2.57. The minimum absolute atomic E-state index is 0.155. The number of amides is 1. The van der Waals surface area contributed by atoms with Crippen LogP contribution in [0.25, 0.3) is 0 Å². The molecular weight excluding hydrogens is 346 g/mol. The number of fused-ring (bicyclic) bond motifs is 1. The Labute approximate surface area is 157 Å². The maximum absolute atomic E-state index is 12.8. The van der Waals surface area contributed by atoms with Crippen LogP contribution >= 0.6 is 0 Å². The lowest BCUT2D eigenvalue weighted by molar-refractivity contribution is -0.132. The van der Waals surface area contributed by atoms with Crippen molar-refractivity contribution in [3.05, 3.63) is 35.5 Å². The second-order valence-electron chi connectivity index (χ2n) is 7.74. The minimum Gasteiger partial charge on any atom is -0.454 e. The summed E-state index contributed by atoms with van der Waals surface area (Å²) in [5, 5.41) is 4.09. The molecule has 1 amide bonds. The number of rotatable bonds is 5. The summed E-state index contributed by atoms with van der Waals surface area (Å²) >= 11 is 0. The van der Waals surface area contributed by atoms with E-state index in [-0.39, 0.29) is 12.7 Å². The first-order chi connectivity index (χ1) is 13.2. The molecule has 0 unspecified atom stereocenters. The number of aromatic nitrogens is 2. The molecule has 5 rings (SSSR count). The van der Waals surface area contributed by atoms with Gasteiger partial charge in [0.1, 0.15) is 0 Å². The highest BCUT2D eigenvalue weighted by Crippen LogP contribution is 2.38. The Balaban J connectivity index is 1.19. The predicted octanol–water partition coefficient (Wildman–Crippen LogP) is 2.70. The Morgan fingerprint density at radius 1 is 1.19 bits per heavy atom. The molecule has 1 atom stereocenters. The zero-order valence-electron chi connectivity index (χ0n) is 15.2. The fourth-order valence-corrected chi connectivity index (χ4v) is 3.90. The van der Waals surface area contributed by atoms with E-state index in [0.717, 1.165) is 55.2 Å². The van der Waals surface area contributed by atoms with Crippen LogP contribution in [0.4, 0.5) is 0 Å². The SMILES string of the molecule is O=C(Cc1ccc2c(c1)OCO2)N1CCC[C@H](Cc2nc(C3CC3)no2)C1. The molecule has 27 heavy (non-hydrogen) atoms. The van der Waals surface area contributed by atoms with Gasteiger partial charge in [0.05, 0.1) is 6.42 Å². The third-order valence-electron chi connectivity index (χ3n) is 5.55. The second kappa shape index (κ2) is 6.87. The molecule has 0 spiro atoms. The van der Waals surface area contributed by atoms with Gasteiger partial charge in [-0.2, -0.15) is 4.98 Å². The summed E-state index contributed by atoms with van der Waals surface area (Å²) in [5.41, 5.74) is 0.956. The molecule has 3 heterocycles. The average molecular weight is 369 g/mol. The first-order valence-electron chi connectivity index (χ1n) is 9.73. The van der Waals surface area contributed by atoms with Crippen molar-refractivity contribution in [1.82, 2.24) is 15.0 Å². The lowest BCUT2D eigenvalue weighted by Gasteiger charge is -2.32. The van der Waals surface area contributed by atoms with Gasteiger partial charge in [-0.05, 0) is 49.3 Å². The van der Waals surface area contributed by atoms with E-state index in [4.69, 9.17) is 14.0 Å². The van der Waals surface area contributed by atoms with Gasteiger partial charge in [0, 0.05) is 25.4 Å². The number of likely N-dealkylation sites (tertiary alicyclic amines) is 1. The molecule has 1 aromatic carbocycles. The number of benzene rings is 1. The first kappa shape index (κ1) is 16.6. The second-order valence-corrected chi connectivity index (χ2v) is 7.74. The number of nitrogens with zero attached hydrogens (tertiary/aromatic N) is 3. The van der Waals surface area contributed by atoms with Gasteiger partial charge >= 0.3 is 0 Å². The maximum Gasteiger partial charge on any atom is 0.231 e. The fourth-order valence-electron chi connectivity index (χ4n) is 3.90. The van der Waals surface area contributed by atoms with Crippen LogP contribution < -0.4 is 9.47 Å². The number of carbonyl (C=O) groups excluding carboxylic acids is 1. The molecule has 142 valence electrons. The summed E-state index contributed by atoms with van der Waals surface area (Å²) in [4.78, 5) is 19.3. The smallest absolute Gasteiger partial charge is 0.231 e. The number of carbonyl (C=O) groups is 1. The first-order valence-corrected chi connectivity index (χ1v) is 9.73. The normalized spacial score (nSPS) is 21.5. The quantitative estimate of drug-likeness (QED) is 0.806. The summed E-state index contributed by atoms with van der Waals surface area (Å²) in [6.07, 6.45) is 5.59. The molecule has 1 saturated carbocycles. The van der Waals surface area contributed by atoms with Gasteiger partial charge in [0.2, 0.25) is 18.6 Å². The standard InChI is InChI=1S/C20H23N3O4/c24-19(10-13-3-6-16-17(8-13)26-12-25-16)23-7-1-2-14(11-23)9-18-21-20(22-27-18)15-4-5-15/h3,6,8,14-15H,1-2,4-5,7,9-12H2/t14-/m1/s1. The van der Waals surface area contributed by atoms with Crippen molar-refractivity contribution in [1.29, 1.82) is 0 Å². The molecule has 1 aromatic heterocycles. The van der Waals surface area contributed by atoms with Gasteiger partial charge in [0.25, 0.3) is 0 Å². The highest BCUT2D eigenvalue weighted by molar-refractivity contribution is 5.79. The predicted molar refractivity (Wildman–Crippen MR) is 95.6 cm³/mol. The summed E-state index contributed by atoms with van der Waals surface area (Å²) in [6, 6.07) is 5.71. The van der Waals surface area contributed by atoms with E-state index >= 15 is 0 Å². The van der Waals surface area contributed by atoms with Crippen molar-refractivity contribution in [3.63, 3.8) is 0 Å². The maximum atomic E-state index is 12.8. The summed E-state index contributed by atoms with van der Waals surface area (Å²) in [7, 11) is 0. The third-order valence-corrected chi connectivity index (χ3v) is 5.55. The summed E-state index contributed by atoms with van der Waals surface area (Å²) < 4.78 is 16.1. The molecule has 0 bridgehead atoms. The lowest BCUT2D eigenvalue weighted by Crippen LogP contribution is -2.41. The number of hydrogen-bond donors (Lipinski definition) is 0. The molecule has 1 saturated heterocycles. The Kier molecular flexibility index (Phi) is 4.22. The van der Waals surface area contributed by atoms with Crippen molar-refractivity contribution in [2.24, 2.45) is 5.92 Å². The monoisotopic (exact) mass is 369 g/mol. The van der Waals surface area contributed by atoms with Crippen LogP contribution in [0.3, 0.4) is 0 Å². The van der Waals surface area contributed by atoms with Gasteiger partial charge in [-0.3, -0.25) is 4.79 Å². The van der Waals surface area contributed by atoms with Crippen molar-refractivity contribution >= 4 is 5.91 Å². The zero-order chi connectivity index (χ0) is 18.2. The summed E-state index contributed by atoms with van der Waals surface area (Å²) in [6.45, 7) is 1.82. The molecule has 0 N–H and O–H groups in total. The van der Waals surface area contributed by atoms with Crippen LogP contribution in [0.5, 0.6) is 11.5 Å². The van der Waals surface area contributed by atoms with Gasteiger partial charge in [0.15, 0.2) is 17.3 Å². The van der Waals surface area contributed by atoms with Crippen LogP contribution in [0, 0.1) is 5.92 Å². The van der Waals surface area contributed by atoms with Crippen molar-refractivity contribution in [3.8, 4) is 11.5 Å². The van der Waals surface area contributed by atoms with Crippen LogP contribution in [-0.4, -0.2) is 40.8 Å². The Morgan fingerprint density at radius 2 is 2.07 bits per heavy atom. The number of piperidine rings is 1. The number of hydrogen-bond acceptors (Lipinski definition) is 6. The molecule has 0 radical (unpaired) electrons. The van der Waals surface area contributed by atoms with E-state index in [2.05, 4.69) is 10.1 Å². The minimum atomic E-state index is 0.155. The molecule has 2 aliphatic heterocycles. The molecule has 7 nitrogen and oxygen atoms in total. The third kappa shape index (κ3) is 3.63. The van der Waals surface area contributed by atoms with E-state index in [9.17, 15) is 4.79 Å². The highest BCUT2D eigenvalue weighted by Gasteiger charge is 2.30. The highest BCUT2D eigenvalue weighted by atomic mass is 16.7. The van der Waals surface area contributed by atoms with Crippen molar-refractivity contribution in [2.75, 3.05) is 19.9 Å². The van der Waals surface area contributed by atoms with Crippen LogP contribution in [0.1, 0.15) is 48.9 Å². The Morgan fingerprint density at radius 3 is 2.96 bits per heavy atom. The van der Waals surface area contributed by atoms with E-state index in [1.54, 1.807) is 0 Å². The van der Waals surface area contributed by atoms with Crippen LogP contribution in [-0.2, 0) is 17.6 Å². The van der Waals surface area contributed by atoms with Crippen molar-refractivity contribution < 1.29 is 18.8 Å². The molecular formula is C20H23N3O4. The molecule has 2 aromatic rings. The van der Waals surface area contributed by atoms with Gasteiger partial charge in [-0.1, -0.05) is 11.2 Å². The molecule has 7 heteroatoms. The van der Waals surface area contributed by atoms with E-state index in [0.29, 0.717) is 24.1 Å². The van der Waals surface area contributed by atoms with Gasteiger partial charge in [-0.15, -0.1) is 0 Å². The molecule has 2 fully saturated rings. The Bertz CT molecular complexity index is 846. The van der Waals surface area contributed by atoms with Gasteiger partial charge in [-0.25, -0.2) is 0 Å². The van der Waals surface area contributed by atoms with Crippen LogP contribution in [0.2, 0.25) is 0 Å². The van der Waals surface area contributed by atoms with Crippen LogP contribution in [0.15, 0.2) is 22.7 Å². The lowest BCUT2D eigenvalue weighted by atomic mass is 9.94. The van der Waals surface area contributed by atoms with E-state index in [1.165, 1.54) is 12.8 Å². The number of ether oxygens (including phenoxy) is 2. The fraction of sp³-hybridized carbons (Fsp3) is 0.550. The zero-order valence-corrected chi connectivity index (χ0v) is 15.2.